The third-order valence-corrected chi connectivity index (χ3v) is 10.1. The normalized spacial score (nSPS) is 27.0. The Bertz CT molecular complexity index is 544. The monoisotopic (exact) mass is 354 g/mol. The molecule has 0 aromatic rings. The zero-order valence-corrected chi connectivity index (χ0v) is 16.8. The van der Waals surface area contributed by atoms with Crippen LogP contribution in [0.15, 0.2) is 23.5 Å². The maximum Gasteiger partial charge on any atom is 0.337 e. The van der Waals surface area contributed by atoms with E-state index in [1.165, 1.54) is 13.4 Å². The Morgan fingerprint density at radius 1 is 1.33 bits per heavy atom. The third-order valence-electron chi connectivity index (χ3n) is 5.58. The number of hydrogen-bond acceptors (Lipinski definition) is 5. The van der Waals surface area contributed by atoms with Crippen molar-refractivity contribution in [2.75, 3.05) is 20.8 Å². The minimum atomic E-state index is -1.84. The zero-order valence-electron chi connectivity index (χ0n) is 15.8. The van der Waals surface area contributed by atoms with Crippen LogP contribution < -0.4 is 0 Å². The lowest BCUT2D eigenvalue weighted by atomic mass is 9.83. The highest BCUT2D eigenvalue weighted by Gasteiger charge is 2.45. The molecule has 1 aliphatic carbocycles. The van der Waals surface area contributed by atoms with Gasteiger partial charge in [0.2, 0.25) is 6.29 Å². The van der Waals surface area contributed by atoms with Crippen LogP contribution >= 0.6 is 0 Å². The first kappa shape index (κ1) is 19.2. The fourth-order valence-electron chi connectivity index (χ4n) is 2.97. The van der Waals surface area contributed by atoms with Crippen LogP contribution in [-0.2, 0) is 23.4 Å². The molecule has 0 spiro atoms. The summed E-state index contributed by atoms with van der Waals surface area (Å²) in [4.78, 5) is 12.0. The number of rotatable bonds is 5. The zero-order chi connectivity index (χ0) is 18.1. The number of esters is 1. The van der Waals surface area contributed by atoms with E-state index in [0.29, 0.717) is 12.2 Å². The predicted octanol–water partition coefficient (Wildman–Crippen LogP) is 3.63. The van der Waals surface area contributed by atoms with Crippen molar-refractivity contribution in [1.29, 1.82) is 0 Å². The second kappa shape index (κ2) is 7.02. The molecule has 0 aromatic carbocycles. The standard InChI is InChI=1S/C18H30O5Si/c1-18(2,3)24(6,7)23-10-12-8-9-13-14(16(19)20-4)11-22-17(21-5)15(12)13/h8,11,13,15,17H,9-10H2,1-7H3/t13-,15-,17-/m1/s1. The fraction of sp³-hybridized carbons (Fsp3) is 0.722. The topological polar surface area (TPSA) is 54.0 Å². The van der Waals surface area contributed by atoms with Crippen LogP contribution in [0.2, 0.25) is 18.1 Å². The maximum absolute atomic E-state index is 12.0. The van der Waals surface area contributed by atoms with Crippen molar-refractivity contribution < 1.29 is 23.4 Å². The van der Waals surface area contributed by atoms with Gasteiger partial charge in [0.15, 0.2) is 8.32 Å². The highest BCUT2D eigenvalue weighted by Crippen LogP contribution is 2.44. The predicted molar refractivity (Wildman–Crippen MR) is 94.8 cm³/mol. The number of ether oxygens (including phenoxy) is 3. The molecule has 0 saturated carbocycles. The average molecular weight is 355 g/mol. The van der Waals surface area contributed by atoms with Crippen LogP contribution in [0.4, 0.5) is 0 Å². The molecule has 0 amide bonds. The Labute approximate surface area is 146 Å². The summed E-state index contributed by atoms with van der Waals surface area (Å²) < 4.78 is 22.4. The van der Waals surface area contributed by atoms with Crippen molar-refractivity contribution >= 4 is 14.3 Å². The first-order valence-corrected chi connectivity index (χ1v) is 11.3. The van der Waals surface area contributed by atoms with Gasteiger partial charge in [0.1, 0.15) is 0 Å². The van der Waals surface area contributed by atoms with E-state index in [2.05, 4.69) is 39.9 Å². The van der Waals surface area contributed by atoms with Gasteiger partial charge in [-0.05, 0) is 30.1 Å². The summed E-state index contributed by atoms with van der Waals surface area (Å²) in [6.07, 6.45) is 4.05. The third kappa shape index (κ3) is 3.60. The van der Waals surface area contributed by atoms with Crippen molar-refractivity contribution in [3.63, 3.8) is 0 Å². The molecule has 6 heteroatoms. The molecule has 5 nitrogen and oxygen atoms in total. The largest absolute Gasteiger partial charge is 0.471 e. The lowest BCUT2D eigenvalue weighted by Crippen LogP contribution is -2.42. The van der Waals surface area contributed by atoms with Crippen molar-refractivity contribution in [1.82, 2.24) is 0 Å². The summed E-state index contributed by atoms with van der Waals surface area (Å²) in [7, 11) is 1.19. The van der Waals surface area contributed by atoms with Gasteiger partial charge in [-0.1, -0.05) is 26.8 Å². The highest BCUT2D eigenvalue weighted by molar-refractivity contribution is 6.74. The van der Waals surface area contributed by atoms with Crippen LogP contribution in [0.3, 0.4) is 0 Å². The van der Waals surface area contributed by atoms with Crippen molar-refractivity contribution in [3.8, 4) is 0 Å². The maximum atomic E-state index is 12.0. The number of methoxy groups -OCH3 is 2. The second-order valence-corrected chi connectivity index (χ2v) is 12.8. The molecule has 0 aromatic heterocycles. The number of carbonyl (C=O) groups is 1. The molecule has 0 N–H and O–H groups in total. The molecular weight excluding hydrogens is 324 g/mol. The molecule has 0 bridgehead atoms. The van der Waals surface area contributed by atoms with Crippen molar-refractivity contribution in [2.45, 2.75) is 51.6 Å². The van der Waals surface area contributed by atoms with Gasteiger partial charge in [-0.25, -0.2) is 4.79 Å². The lowest BCUT2D eigenvalue weighted by molar-refractivity contribution is -0.146. The molecule has 0 fully saturated rings. The van der Waals surface area contributed by atoms with Gasteiger partial charge >= 0.3 is 5.97 Å². The van der Waals surface area contributed by atoms with Gasteiger partial charge in [0.05, 0.1) is 31.5 Å². The van der Waals surface area contributed by atoms with Crippen LogP contribution in [0.25, 0.3) is 0 Å². The average Bonchev–Trinajstić information content (AvgIpc) is 2.94. The van der Waals surface area contributed by atoms with E-state index in [4.69, 9.17) is 18.6 Å². The first-order chi connectivity index (χ1) is 11.1. The minimum Gasteiger partial charge on any atom is -0.471 e. The van der Waals surface area contributed by atoms with Gasteiger partial charge < -0.3 is 18.6 Å². The number of allylic oxidation sites excluding steroid dienone is 1. The summed E-state index contributed by atoms with van der Waals surface area (Å²) >= 11 is 0. The lowest BCUT2D eigenvalue weighted by Gasteiger charge is -2.38. The summed E-state index contributed by atoms with van der Waals surface area (Å²) in [5, 5.41) is 0.159. The summed E-state index contributed by atoms with van der Waals surface area (Å²) in [6.45, 7) is 11.7. The Morgan fingerprint density at radius 3 is 2.54 bits per heavy atom. The van der Waals surface area contributed by atoms with Crippen molar-refractivity contribution in [3.05, 3.63) is 23.5 Å². The van der Waals surface area contributed by atoms with Gasteiger partial charge in [0, 0.05) is 13.0 Å². The molecule has 2 aliphatic rings. The number of fused-ring (bicyclic) bond motifs is 1. The minimum absolute atomic E-state index is 0.00105. The summed E-state index contributed by atoms with van der Waals surface area (Å²) in [5.41, 5.74) is 1.74. The van der Waals surface area contributed by atoms with Crippen molar-refractivity contribution in [2.24, 2.45) is 11.8 Å². The molecule has 136 valence electrons. The second-order valence-electron chi connectivity index (χ2n) is 8.00. The van der Waals surface area contributed by atoms with E-state index >= 15 is 0 Å². The Kier molecular flexibility index (Phi) is 5.62. The van der Waals surface area contributed by atoms with E-state index in [1.54, 1.807) is 7.11 Å². The van der Waals surface area contributed by atoms with E-state index in [-0.39, 0.29) is 29.1 Å². The van der Waals surface area contributed by atoms with Crippen LogP contribution in [-0.4, -0.2) is 41.4 Å². The van der Waals surface area contributed by atoms with E-state index in [0.717, 1.165) is 12.0 Å². The van der Waals surface area contributed by atoms with Crippen LogP contribution in [0.1, 0.15) is 27.2 Å². The first-order valence-electron chi connectivity index (χ1n) is 8.42. The quantitative estimate of drug-likeness (QED) is 0.429. The molecule has 0 unspecified atom stereocenters. The molecule has 2 rings (SSSR count). The molecule has 24 heavy (non-hydrogen) atoms. The highest BCUT2D eigenvalue weighted by atomic mass is 28.4. The van der Waals surface area contributed by atoms with Gasteiger partial charge in [-0.2, -0.15) is 0 Å². The summed E-state index contributed by atoms with van der Waals surface area (Å²) in [6, 6.07) is 0. The molecule has 1 aliphatic heterocycles. The molecule has 3 atom stereocenters. The Balaban J connectivity index is 2.14. The molecule has 1 heterocycles. The number of carbonyl (C=O) groups excluding carboxylic acids is 1. The van der Waals surface area contributed by atoms with Gasteiger partial charge in [-0.3, -0.25) is 0 Å². The molecule has 0 radical (unpaired) electrons. The SMILES string of the molecule is COC(=O)C1=CO[C@@H](OC)[C@@H]2C(CO[Si](C)(C)C(C)(C)C)=CC[C@H]12. The van der Waals surface area contributed by atoms with E-state index < -0.39 is 8.32 Å². The molecule has 0 saturated heterocycles. The molecular formula is C18H30O5Si. The van der Waals surface area contributed by atoms with Gasteiger partial charge in [0.25, 0.3) is 0 Å². The Morgan fingerprint density at radius 2 is 2.00 bits per heavy atom. The van der Waals surface area contributed by atoms with Crippen LogP contribution in [0.5, 0.6) is 0 Å². The smallest absolute Gasteiger partial charge is 0.337 e. The van der Waals surface area contributed by atoms with Gasteiger partial charge in [-0.15, -0.1) is 0 Å². The van der Waals surface area contributed by atoms with E-state index in [1.807, 2.05) is 0 Å². The van der Waals surface area contributed by atoms with E-state index in [9.17, 15) is 4.79 Å². The Hall–Kier alpha value is -1.11. The fourth-order valence-corrected chi connectivity index (χ4v) is 3.93. The number of hydrogen-bond donors (Lipinski definition) is 0. The van der Waals surface area contributed by atoms with Crippen LogP contribution in [0, 0.1) is 11.8 Å². The summed E-state index contributed by atoms with van der Waals surface area (Å²) in [5.74, 6) is -0.299.